The standard InChI is InChI=1S/C16H28N2O/c1-12-4-3-5-13(2)15(12)11-18-8-6-14(7-9-18)10-16(17)19/h4,13-15H,3,5-11H2,1-2H3,(H2,17,19)/t13-,15+/m1/s1. The van der Waals surface area contributed by atoms with Crippen LogP contribution < -0.4 is 5.73 Å². The summed E-state index contributed by atoms with van der Waals surface area (Å²) in [5.74, 6) is 1.93. The molecule has 0 aromatic rings. The van der Waals surface area contributed by atoms with E-state index in [1.807, 2.05) is 0 Å². The second-order valence-electron chi connectivity index (χ2n) is 6.52. The number of nitrogens with two attached hydrogens (primary N) is 1. The summed E-state index contributed by atoms with van der Waals surface area (Å²) in [4.78, 5) is 13.5. The van der Waals surface area contributed by atoms with Crippen molar-refractivity contribution in [2.45, 2.75) is 46.0 Å². The average molecular weight is 264 g/mol. The summed E-state index contributed by atoms with van der Waals surface area (Å²) >= 11 is 0. The molecular weight excluding hydrogens is 236 g/mol. The number of amides is 1. The van der Waals surface area contributed by atoms with Crippen LogP contribution >= 0.6 is 0 Å². The molecule has 0 aromatic heterocycles. The molecule has 3 nitrogen and oxygen atoms in total. The van der Waals surface area contributed by atoms with Gasteiger partial charge in [0.2, 0.25) is 5.91 Å². The SMILES string of the molecule is CC1=CCC[C@@H](C)[C@H]1CN1CCC(CC(N)=O)CC1. The molecule has 0 spiro atoms. The first-order valence-electron chi connectivity index (χ1n) is 7.73. The van der Waals surface area contributed by atoms with Crippen LogP contribution in [0.5, 0.6) is 0 Å². The molecule has 0 unspecified atom stereocenters. The predicted molar refractivity (Wildman–Crippen MR) is 78.6 cm³/mol. The van der Waals surface area contributed by atoms with E-state index in [9.17, 15) is 4.79 Å². The van der Waals surface area contributed by atoms with Crippen LogP contribution in [0, 0.1) is 17.8 Å². The maximum absolute atomic E-state index is 11.0. The Balaban J connectivity index is 1.80. The van der Waals surface area contributed by atoms with Crippen molar-refractivity contribution < 1.29 is 4.79 Å². The second-order valence-corrected chi connectivity index (χ2v) is 6.52. The minimum Gasteiger partial charge on any atom is -0.370 e. The Labute approximate surface area is 117 Å². The molecule has 1 saturated heterocycles. The van der Waals surface area contributed by atoms with E-state index in [1.165, 1.54) is 19.4 Å². The highest BCUT2D eigenvalue weighted by Gasteiger charge is 2.27. The number of likely N-dealkylation sites (tertiary alicyclic amines) is 1. The number of carbonyl (C=O) groups excluding carboxylic acids is 1. The van der Waals surface area contributed by atoms with Crippen LogP contribution in [0.2, 0.25) is 0 Å². The van der Waals surface area contributed by atoms with Crippen LogP contribution in [0.15, 0.2) is 11.6 Å². The molecule has 2 aliphatic rings. The van der Waals surface area contributed by atoms with Crippen molar-refractivity contribution in [2.75, 3.05) is 19.6 Å². The highest BCUT2D eigenvalue weighted by molar-refractivity contribution is 5.73. The van der Waals surface area contributed by atoms with E-state index in [-0.39, 0.29) is 5.91 Å². The third kappa shape index (κ3) is 4.07. The number of allylic oxidation sites excluding steroid dienone is 1. The van der Waals surface area contributed by atoms with Gasteiger partial charge in [0.1, 0.15) is 0 Å². The molecule has 0 radical (unpaired) electrons. The topological polar surface area (TPSA) is 46.3 Å². The van der Waals surface area contributed by atoms with Crippen LogP contribution in [0.3, 0.4) is 0 Å². The van der Waals surface area contributed by atoms with Gasteiger partial charge >= 0.3 is 0 Å². The van der Waals surface area contributed by atoms with Crippen molar-refractivity contribution in [3.05, 3.63) is 11.6 Å². The van der Waals surface area contributed by atoms with Gasteiger partial charge in [-0.05, 0) is 63.5 Å². The molecule has 1 amide bonds. The monoisotopic (exact) mass is 264 g/mol. The van der Waals surface area contributed by atoms with Crippen LogP contribution in [0.1, 0.15) is 46.0 Å². The molecule has 0 bridgehead atoms. The summed E-state index contributed by atoms with van der Waals surface area (Å²) in [7, 11) is 0. The zero-order valence-corrected chi connectivity index (χ0v) is 12.4. The summed E-state index contributed by atoms with van der Waals surface area (Å²) in [6, 6.07) is 0. The largest absolute Gasteiger partial charge is 0.370 e. The molecule has 3 heteroatoms. The lowest BCUT2D eigenvalue weighted by atomic mass is 9.79. The minimum atomic E-state index is -0.141. The fourth-order valence-corrected chi connectivity index (χ4v) is 3.64. The van der Waals surface area contributed by atoms with Crippen molar-refractivity contribution in [2.24, 2.45) is 23.5 Å². The molecule has 1 aliphatic heterocycles. The van der Waals surface area contributed by atoms with Gasteiger partial charge in [-0.2, -0.15) is 0 Å². The van der Waals surface area contributed by atoms with Gasteiger partial charge in [0.05, 0.1) is 0 Å². The minimum absolute atomic E-state index is 0.141. The first-order chi connectivity index (χ1) is 9.06. The van der Waals surface area contributed by atoms with Gasteiger partial charge in [0, 0.05) is 13.0 Å². The third-order valence-electron chi connectivity index (χ3n) is 5.01. The molecule has 2 atom stereocenters. The van der Waals surface area contributed by atoms with Gasteiger partial charge in [-0.3, -0.25) is 4.79 Å². The number of carbonyl (C=O) groups is 1. The van der Waals surface area contributed by atoms with Crippen LogP contribution in [-0.4, -0.2) is 30.4 Å². The zero-order valence-electron chi connectivity index (χ0n) is 12.4. The smallest absolute Gasteiger partial charge is 0.217 e. The second kappa shape index (κ2) is 6.56. The van der Waals surface area contributed by atoms with Crippen LogP contribution in [0.4, 0.5) is 0 Å². The number of hydrogen-bond acceptors (Lipinski definition) is 2. The van der Waals surface area contributed by atoms with E-state index in [4.69, 9.17) is 5.73 Å². The molecular formula is C16H28N2O. The summed E-state index contributed by atoms with van der Waals surface area (Å²) in [6.45, 7) is 8.15. The van der Waals surface area contributed by atoms with Gasteiger partial charge in [0.15, 0.2) is 0 Å². The van der Waals surface area contributed by atoms with Crippen LogP contribution in [-0.2, 0) is 4.79 Å². The zero-order chi connectivity index (χ0) is 13.8. The Morgan fingerprint density at radius 2 is 2.05 bits per heavy atom. The number of hydrogen-bond donors (Lipinski definition) is 1. The Kier molecular flexibility index (Phi) is 5.03. The maximum Gasteiger partial charge on any atom is 0.217 e. The first-order valence-corrected chi connectivity index (χ1v) is 7.73. The number of nitrogens with zero attached hydrogens (tertiary/aromatic N) is 1. The molecule has 19 heavy (non-hydrogen) atoms. The number of primary amides is 1. The number of rotatable bonds is 4. The highest BCUT2D eigenvalue weighted by atomic mass is 16.1. The summed E-state index contributed by atoms with van der Waals surface area (Å²) in [5.41, 5.74) is 6.87. The fourth-order valence-electron chi connectivity index (χ4n) is 3.64. The van der Waals surface area contributed by atoms with Gasteiger partial charge < -0.3 is 10.6 Å². The molecule has 1 fully saturated rings. The molecule has 2 N–H and O–H groups in total. The highest BCUT2D eigenvalue weighted by Crippen LogP contribution is 2.32. The molecule has 1 heterocycles. The first kappa shape index (κ1) is 14.6. The lowest BCUT2D eigenvalue weighted by Crippen LogP contribution is -2.40. The van der Waals surface area contributed by atoms with E-state index in [2.05, 4.69) is 24.8 Å². The predicted octanol–water partition coefficient (Wildman–Crippen LogP) is 2.57. The van der Waals surface area contributed by atoms with Crippen molar-refractivity contribution >= 4 is 5.91 Å². The van der Waals surface area contributed by atoms with E-state index in [0.717, 1.165) is 37.8 Å². The molecule has 2 rings (SSSR count). The van der Waals surface area contributed by atoms with Gasteiger partial charge in [-0.25, -0.2) is 0 Å². The Hall–Kier alpha value is -0.830. The summed E-state index contributed by atoms with van der Waals surface area (Å²) in [5, 5.41) is 0. The Morgan fingerprint density at radius 1 is 1.37 bits per heavy atom. The lowest BCUT2D eigenvalue weighted by Gasteiger charge is -2.37. The van der Waals surface area contributed by atoms with Crippen LogP contribution in [0.25, 0.3) is 0 Å². The quantitative estimate of drug-likeness (QED) is 0.793. The van der Waals surface area contributed by atoms with Crippen molar-refractivity contribution in [1.82, 2.24) is 4.90 Å². The fraction of sp³-hybridized carbons (Fsp3) is 0.812. The van der Waals surface area contributed by atoms with Crippen molar-refractivity contribution in [3.63, 3.8) is 0 Å². The molecule has 1 aliphatic carbocycles. The molecule has 0 saturated carbocycles. The summed E-state index contributed by atoms with van der Waals surface area (Å²) < 4.78 is 0. The Bertz CT molecular complexity index is 343. The van der Waals surface area contributed by atoms with Gasteiger partial charge in [0.25, 0.3) is 0 Å². The van der Waals surface area contributed by atoms with Gasteiger partial charge in [-0.15, -0.1) is 0 Å². The summed E-state index contributed by atoms with van der Waals surface area (Å²) in [6.07, 6.45) is 7.85. The molecule has 0 aromatic carbocycles. The third-order valence-corrected chi connectivity index (χ3v) is 5.01. The van der Waals surface area contributed by atoms with Gasteiger partial charge in [-0.1, -0.05) is 18.6 Å². The normalized spacial score (nSPS) is 30.1. The average Bonchev–Trinajstić information content (AvgIpc) is 2.35. The maximum atomic E-state index is 11.0. The van der Waals surface area contributed by atoms with E-state index in [1.54, 1.807) is 5.57 Å². The Morgan fingerprint density at radius 3 is 2.63 bits per heavy atom. The van der Waals surface area contributed by atoms with Crippen molar-refractivity contribution in [1.29, 1.82) is 0 Å². The van der Waals surface area contributed by atoms with Crippen molar-refractivity contribution in [3.8, 4) is 0 Å². The molecule has 108 valence electrons. The number of piperidine rings is 1. The van der Waals surface area contributed by atoms with E-state index >= 15 is 0 Å². The van der Waals surface area contributed by atoms with E-state index in [0.29, 0.717) is 12.3 Å². The van der Waals surface area contributed by atoms with E-state index < -0.39 is 0 Å². The lowest BCUT2D eigenvalue weighted by molar-refractivity contribution is -0.119.